The van der Waals surface area contributed by atoms with E-state index in [2.05, 4.69) is 5.16 Å². The lowest BCUT2D eigenvalue weighted by molar-refractivity contribution is 0.318. The summed E-state index contributed by atoms with van der Waals surface area (Å²) < 4.78 is 37.7. The van der Waals surface area contributed by atoms with E-state index in [1.807, 2.05) is 0 Å². The molecule has 0 aliphatic rings. The molecule has 6 heteroatoms. The molecule has 0 aliphatic heterocycles. The van der Waals surface area contributed by atoms with Crippen LogP contribution in [-0.2, 0) is 0 Å². The highest BCUT2D eigenvalue weighted by atomic mass is 19.2. The minimum absolute atomic E-state index is 0.322. The first-order valence-corrected chi connectivity index (χ1v) is 3.18. The van der Waals surface area contributed by atoms with Crippen molar-refractivity contribution in [2.75, 3.05) is 0 Å². The van der Waals surface area contributed by atoms with Crippen LogP contribution in [-0.4, -0.2) is 11.0 Å². The standard InChI is InChI=1S/C7H5F3N2O/c8-4-2-6(10)5(9)1-3(4)7(11)12-13/h1-2,13H,(H2,11,12). The van der Waals surface area contributed by atoms with Crippen molar-refractivity contribution in [3.63, 3.8) is 0 Å². The molecule has 3 N–H and O–H groups in total. The van der Waals surface area contributed by atoms with Gasteiger partial charge in [0.2, 0.25) is 0 Å². The first-order chi connectivity index (χ1) is 6.06. The molecule has 13 heavy (non-hydrogen) atoms. The number of nitrogens with zero attached hydrogens (tertiary/aromatic N) is 1. The van der Waals surface area contributed by atoms with Crippen molar-refractivity contribution in [2.45, 2.75) is 0 Å². The summed E-state index contributed by atoms with van der Waals surface area (Å²) in [7, 11) is 0. The summed E-state index contributed by atoms with van der Waals surface area (Å²) in [4.78, 5) is 0. The highest BCUT2D eigenvalue weighted by Crippen LogP contribution is 2.13. The van der Waals surface area contributed by atoms with Crippen LogP contribution in [0.3, 0.4) is 0 Å². The molecule has 3 nitrogen and oxygen atoms in total. The molecule has 0 aromatic heterocycles. The predicted molar refractivity (Wildman–Crippen MR) is 38.8 cm³/mol. The number of oxime groups is 1. The molecule has 0 radical (unpaired) electrons. The fourth-order valence-corrected chi connectivity index (χ4v) is 0.773. The maximum absolute atomic E-state index is 12.8. The lowest BCUT2D eigenvalue weighted by atomic mass is 10.2. The summed E-state index contributed by atoms with van der Waals surface area (Å²) in [5, 5.41) is 10.6. The molecule has 0 amide bonds. The summed E-state index contributed by atoms with van der Waals surface area (Å²) in [6.45, 7) is 0. The summed E-state index contributed by atoms with van der Waals surface area (Å²) >= 11 is 0. The van der Waals surface area contributed by atoms with Gasteiger partial charge in [0, 0.05) is 6.07 Å². The lowest BCUT2D eigenvalue weighted by Gasteiger charge is -2.01. The normalized spacial score (nSPS) is 11.8. The maximum atomic E-state index is 12.8. The van der Waals surface area contributed by atoms with E-state index in [1.165, 1.54) is 0 Å². The van der Waals surface area contributed by atoms with Gasteiger partial charge in [0.05, 0.1) is 5.56 Å². The van der Waals surface area contributed by atoms with Gasteiger partial charge in [-0.1, -0.05) is 5.16 Å². The van der Waals surface area contributed by atoms with Crippen LogP contribution in [0, 0.1) is 17.5 Å². The molecule has 0 unspecified atom stereocenters. The summed E-state index contributed by atoms with van der Waals surface area (Å²) in [5.41, 5.74) is 4.50. The van der Waals surface area contributed by atoms with Crippen molar-refractivity contribution in [3.05, 3.63) is 35.1 Å². The number of halogens is 3. The average Bonchev–Trinajstić information content (AvgIpc) is 2.10. The molecule has 0 spiro atoms. The summed E-state index contributed by atoms with van der Waals surface area (Å²) in [6, 6.07) is 0.836. The second-order valence-electron chi connectivity index (χ2n) is 2.23. The van der Waals surface area contributed by atoms with E-state index in [1.54, 1.807) is 0 Å². The average molecular weight is 190 g/mol. The Morgan fingerprint density at radius 3 is 2.23 bits per heavy atom. The molecule has 0 atom stereocenters. The largest absolute Gasteiger partial charge is 0.409 e. The molecule has 1 rings (SSSR count). The molecular weight excluding hydrogens is 185 g/mol. The number of rotatable bonds is 1. The summed E-state index contributed by atoms with van der Waals surface area (Å²) in [5.74, 6) is -4.29. The van der Waals surface area contributed by atoms with Gasteiger partial charge in [-0.05, 0) is 6.07 Å². The molecule has 1 aromatic carbocycles. The maximum Gasteiger partial charge on any atom is 0.173 e. The van der Waals surface area contributed by atoms with Gasteiger partial charge < -0.3 is 10.9 Å². The lowest BCUT2D eigenvalue weighted by Crippen LogP contribution is -2.15. The van der Waals surface area contributed by atoms with Gasteiger partial charge in [0.1, 0.15) is 5.82 Å². The second-order valence-corrected chi connectivity index (χ2v) is 2.23. The highest BCUT2D eigenvalue weighted by Gasteiger charge is 2.12. The molecule has 0 saturated heterocycles. The van der Waals surface area contributed by atoms with E-state index in [0.29, 0.717) is 12.1 Å². The van der Waals surface area contributed by atoms with Gasteiger partial charge in [0.15, 0.2) is 17.5 Å². The van der Waals surface area contributed by atoms with Crippen LogP contribution < -0.4 is 5.73 Å². The van der Waals surface area contributed by atoms with Gasteiger partial charge in [-0.2, -0.15) is 0 Å². The van der Waals surface area contributed by atoms with Gasteiger partial charge >= 0.3 is 0 Å². The van der Waals surface area contributed by atoms with Crippen molar-refractivity contribution in [2.24, 2.45) is 10.9 Å². The van der Waals surface area contributed by atoms with Crippen LogP contribution in [0.2, 0.25) is 0 Å². The van der Waals surface area contributed by atoms with E-state index < -0.39 is 28.9 Å². The number of hydrogen-bond donors (Lipinski definition) is 2. The monoisotopic (exact) mass is 190 g/mol. The molecule has 0 fully saturated rings. The smallest absolute Gasteiger partial charge is 0.173 e. The van der Waals surface area contributed by atoms with Crippen LogP contribution in [0.15, 0.2) is 17.3 Å². The fraction of sp³-hybridized carbons (Fsp3) is 0. The topological polar surface area (TPSA) is 58.6 Å². The first kappa shape index (κ1) is 9.37. The SMILES string of the molecule is N/C(=N\O)c1cc(F)c(F)cc1F. The van der Waals surface area contributed by atoms with E-state index in [9.17, 15) is 13.2 Å². The van der Waals surface area contributed by atoms with Gasteiger partial charge in [-0.3, -0.25) is 0 Å². The van der Waals surface area contributed by atoms with E-state index in [0.717, 1.165) is 0 Å². The Balaban J connectivity index is 3.32. The second kappa shape index (κ2) is 3.34. The Morgan fingerprint density at radius 2 is 1.69 bits per heavy atom. The highest BCUT2D eigenvalue weighted by molar-refractivity contribution is 5.97. The number of amidine groups is 1. The molecule has 0 bridgehead atoms. The van der Waals surface area contributed by atoms with Crippen molar-refractivity contribution < 1.29 is 18.4 Å². The zero-order chi connectivity index (χ0) is 10.0. The first-order valence-electron chi connectivity index (χ1n) is 3.18. The Morgan fingerprint density at radius 1 is 1.15 bits per heavy atom. The quantitative estimate of drug-likeness (QED) is 0.230. The third kappa shape index (κ3) is 1.71. The zero-order valence-electron chi connectivity index (χ0n) is 6.26. The minimum atomic E-state index is -1.33. The Kier molecular flexibility index (Phi) is 2.41. The third-order valence-corrected chi connectivity index (χ3v) is 1.39. The Hall–Kier alpha value is -1.72. The molecule has 70 valence electrons. The van der Waals surface area contributed by atoms with E-state index >= 15 is 0 Å². The molecule has 0 heterocycles. The van der Waals surface area contributed by atoms with Crippen molar-refractivity contribution in [1.82, 2.24) is 0 Å². The number of hydrogen-bond acceptors (Lipinski definition) is 2. The zero-order valence-corrected chi connectivity index (χ0v) is 6.26. The Labute approximate surface area is 71.3 Å². The van der Waals surface area contributed by atoms with E-state index in [-0.39, 0.29) is 0 Å². The minimum Gasteiger partial charge on any atom is -0.409 e. The van der Waals surface area contributed by atoms with Crippen LogP contribution in [0.25, 0.3) is 0 Å². The van der Waals surface area contributed by atoms with Crippen LogP contribution in [0.5, 0.6) is 0 Å². The van der Waals surface area contributed by atoms with Crippen molar-refractivity contribution in [3.8, 4) is 0 Å². The molecule has 1 aromatic rings. The van der Waals surface area contributed by atoms with Crippen molar-refractivity contribution in [1.29, 1.82) is 0 Å². The van der Waals surface area contributed by atoms with Gasteiger partial charge in [-0.25, -0.2) is 13.2 Å². The Bertz CT molecular complexity index is 365. The van der Waals surface area contributed by atoms with E-state index in [4.69, 9.17) is 10.9 Å². The summed E-state index contributed by atoms with van der Waals surface area (Å²) in [6.07, 6.45) is 0. The number of nitrogens with two attached hydrogens (primary N) is 1. The van der Waals surface area contributed by atoms with Crippen LogP contribution in [0.1, 0.15) is 5.56 Å². The van der Waals surface area contributed by atoms with Crippen LogP contribution >= 0.6 is 0 Å². The molecule has 0 aliphatic carbocycles. The van der Waals surface area contributed by atoms with Gasteiger partial charge in [-0.15, -0.1) is 0 Å². The third-order valence-electron chi connectivity index (χ3n) is 1.39. The predicted octanol–water partition coefficient (Wildman–Crippen LogP) is 1.20. The van der Waals surface area contributed by atoms with Gasteiger partial charge in [0.25, 0.3) is 0 Å². The van der Waals surface area contributed by atoms with Crippen molar-refractivity contribution >= 4 is 5.84 Å². The van der Waals surface area contributed by atoms with Crippen LogP contribution in [0.4, 0.5) is 13.2 Å². The molecular formula is C7H5F3N2O. The molecule has 0 saturated carbocycles. The number of benzene rings is 1. The fourth-order valence-electron chi connectivity index (χ4n) is 0.773.